The molecule has 134 valence electrons. The molecule has 25 heavy (non-hydrogen) atoms. The van der Waals surface area contributed by atoms with Gasteiger partial charge in [-0.05, 0) is 42.2 Å². The number of carbonyl (C=O) groups is 2. The average Bonchev–Trinajstić information content (AvgIpc) is 3.30. The summed E-state index contributed by atoms with van der Waals surface area (Å²) in [5.74, 6) is -1.08. The number of hydrogen-bond donors (Lipinski definition) is 1. The fraction of sp³-hybridized carbons (Fsp3) is 0.556. The van der Waals surface area contributed by atoms with E-state index in [0.717, 1.165) is 5.56 Å². The topological polar surface area (TPSA) is 91.8 Å². The number of carboxylic acid groups (broad SMARTS) is 1. The van der Waals surface area contributed by atoms with E-state index in [-0.39, 0.29) is 28.7 Å². The summed E-state index contributed by atoms with van der Waals surface area (Å²) in [6, 6.07) is 6.43. The molecular formula is C18H21NO5S. The van der Waals surface area contributed by atoms with Gasteiger partial charge in [-0.25, -0.2) is 13.2 Å². The fourth-order valence-corrected chi connectivity index (χ4v) is 6.10. The number of nitrogens with zero attached hydrogens (tertiary/aromatic N) is 1. The smallest absolute Gasteiger partial charge is 0.331 e. The van der Waals surface area contributed by atoms with Crippen LogP contribution in [0.25, 0.3) is 0 Å². The van der Waals surface area contributed by atoms with Gasteiger partial charge in [0.25, 0.3) is 0 Å². The molecule has 1 aliphatic carbocycles. The maximum absolute atomic E-state index is 13.0. The standard InChI is InChI=1S/C18H21NO5S/c20-16(14-11-18(14)6-9-25(23,24)10-7-18)19-8-5-12-3-1-2-4-13(12)15(19)17(21)22/h1-4,14-15H,5-11H2,(H,21,22). The normalized spacial score (nSPS) is 29.0. The number of carboxylic acids is 1. The minimum absolute atomic E-state index is 0.124. The zero-order chi connectivity index (χ0) is 17.8. The summed E-state index contributed by atoms with van der Waals surface area (Å²) in [6.07, 6.45) is 2.38. The third-order valence-corrected chi connectivity index (χ3v) is 7.76. The summed E-state index contributed by atoms with van der Waals surface area (Å²) in [5, 5.41) is 9.70. The van der Waals surface area contributed by atoms with Crippen molar-refractivity contribution in [3.05, 3.63) is 35.4 Å². The number of rotatable bonds is 2. The lowest BCUT2D eigenvalue weighted by Crippen LogP contribution is -2.45. The number of sulfone groups is 1. The van der Waals surface area contributed by atoms with Crippen LogP contribution >= 0.6 is 0 Å². The number of hydrogen-bond acceptors (Lipinski definition) is 4. The third-order valence-electron chi connectivity index (χ3n) is 6.11. The van der Waals surface area contributed by atoms with Gasteiger partial charge in [-0.2, -0.15) is 0 Å². The van der Waals surface area contributed by atoms with Gasteiger partial charge in [0.05, 0.1) is 11.5 Å². The highest BCUT2D eigenvalue weighted by Crippen LogP contribution is 2.60. The van der Waals surface area contributed by atoms with E-state index in [2.05, 4.69) is 0 Å². The molecule has 1 aromatic rings. The van der Waals surface area contributed by atoms with E-state index in [1.165, 1.54) is 4.90 Å². The van der Waals surface area contributed by atoms with E-state index in [1.54, 1.807) is 12.1 Å². The van der Waals surface area contributed by atoms with Crippen molar-refractivity contribution in [3.63, 3.8) is 0 Å². The quantitative estimate of drug-likeness (QED) is 0.858. The molecule has 2 atom stereocenters. The van der Waals surface area contributed by atoms with Gasteiger partial charge in [0.1, 0.15) is 9.84 Å². The van der Waals surface area contributed by atoms with E-state index >= 15 is 0 Å². The second-order valence-corrected chi connectivity index (χ2v) is 9.80. The Morgan fingerprint density at radius 1 is 1.16 bits per heavy atom. The summed E-state index contributed by atoms with van der Waals surface area (Å²) < 4.78 is 23.3. The maximum Gasteiger partial charge on any atom is 0.331 e. The molecule has 1 aromatic carbocycles. The second-order valence-electron chi connectivity index (χ2n) is 7.49. The van der Waals surface area contributed by atoms with Gasteiger partial charge < -0.3 is 10.0 Å². The van der Waals surface area contributed by atoms with Crippen molar-refractivity contribution < 1.29 is 23.1 Å². The number of fused-ring (bicyclic) bond motifs is 1. The van der Waals surface area contributed by atoms with Crippen LogP contribution in [0.3, 0.4) is 0 Å². The molecule has 1 N–H and O–H groups in total. The summed E-state index contributed by atoms with van der Waals surface area (Å²) in [7, 11) is -2.97. The molecule has 2 aliphatic heterocycles. The molecule has 6 nitrogen and oxygen atoms in total. The summed E-state index contributed by atoms with van der Waals surface area (Å²) in [4.78, 5) is 26.4. The van der Waals surface area contributed by atoms with Gasteiger partial charge in [-0.3, -0.25) is 4.79 Å². The van der Waals surface area contributed by atoms with Gasteiger partial charge in [0, 0.05) is 12.5 Å². The first kappa shape index (κ1) is 16.6. The Labute approximate surface area is 146 Å². The largest absolute Gasteiger partial charge is 0.479 e. The lowest BCUT2D eigenvalue weighted by molar-refractivity contribution is -0.152. The van der Waals surface area contributed by atoms with Crippen LogP contribution in [0, 0.1) is 11.3 Å². The van der Waals surface area contributed by atoms with Gasteiger partial charge >= 0.3 is 5.97 Å². The minimum atomic E-state index is -2.97. The van der Waals surface area contributed by atoms with Crippen molar-refractivity contribution >= 4 is 21.7 Å². The second kappa shape index (κ2) is 5.56. The molecule has 1 saturated carbocycles. The molecule has 3 aliphatic rings. The highest BCUT2D eigenvalue weighted by molar-refractivity contribution is 7.91. The van der Waals surface area contributed by atoms with Crippen molar-refractivity contribution in [2.24, 2.45) is 11.3 Å². The Hall–Kier alpha value is -1.89. The van der Waals surface area contributed by atoms with Gasteiger partial charge in [-0.15, -0.1) is 0 Å². The zero-order valence-corrected chi connectivity index (χ0v) is 14.7. The molecule has 7 heteroatoms. The predicted octanol–water partition coefficient (Wildman–Crippen LogP) is 1.41. The number of carbonyl (C=O) groups excluding carboxylic acids is 1. The van der Waals surface area contributed by atoms with Crippen molar-refractivity contribution in [3.8, 4) is 0 Å². The van der Waals surface area contributed by atoms with Crippen LogP contribution in [0.1, 0.15) is 36.4 Å². The number of amides is 1. The van der Waals surface area contributed by atoms with Crippen molar-refractivity contribution in [2.75, 3.05) is 18.1 Å². The lowest BCUT2D eigenvalue weighted by Gasteiger charge is -2.35. The van der Waals surface area contributed by atoms with E-state index in [0.29, 0.717) is 37.8 Å². The zero-order valence-electron chi connectivity index (χ0n) is 13.8. The van der Waals surface area contributed by atoms with Gasteiger partial charge in [-0.1, -0.05) is 24.3 Å². The molecule has 0 aromatic heterocycles. The molecule has 1 amide bonds. The average molecular weight is 363 g/mol. The Morgan fingerprint density at radius 3 is 2.52 bits per heavy atom. The molecule has 1 spiro atoms. The van der Waals surface area contributed by atoms with Crippen LogP contribution in [0.5, 0.6) is 0 Å². The first-order chi connectivity index (χ1) is 11.8. The molecule has 1 saturated heterocycles. The van der Waals surface area contributed by atoms with E-state index in [1.807, 2.05) is 12.1 Å². The van der Waals surface area contributed by atoms with Gasteiger partial charge in [0.15, 0.2) is 6.04 Å². The molecular weight excluding hydrogens is 342 g/mol. The van der Waals surface area contributed by atoms with Crippen LogP contribution in [0.4, 0.5) is 0 Å². The minimum Gasteiger partial charge on any atom is -0.479 e. The summed E-state index contributed by atoms with van der Waals surface area (Å²) in [5.41, 5.74) is 1.45. The van der Waals surface area contributed by atoms with E-state index < -0.39 is 21.8 Å². The Bertz CT molecular complexity index is 833. The maximum atomic E-state index is 13.0. The molecule has 0 radical (unpaired) electrons. The molecule has 2 fully saturated rings. The van der Waals surface area contributed by atoms with Crippen LogP contribution in [-0.2, 0) is 25.8 Å². The molecule has 0 bridgehead atoms. The van der Waals surface area contributed by atoms with Crippen LogP contribution in [-0.4, -0.2) is 48.4 Å². The van der Waals surface area contributed by atoms with Crippen molar-refractivity contribution in [1.29, 1.82) is 0 Å². The molecule has 2 unspecified atom stereocenters. The Balaban J connectivity index is 1.56. The first-order valence-electron chi connectivity index (χ1n) is 8.65. The third kappa shape index (κ3) is 2.74. The SMILES string of the molecule is O=C(O)C1c2ccccc2CCN1C(=O)C1CC12CCS(=O)(=O)CC2. The summed E-state index contributed by atoms with van der Waals surface area (Å²) in [6.45, 7) is 0.400. The van der Waals surface area contributed by atoms with Crippen LogP contribution in [0.2, 0.25) is 0 Å². The van der Waals surface area contributed by atoms with Crippen molar-refractivity contribution in [1.82, 2.24) is 4.90 Å². The molecule has 4 rings (SSSR count). The fourth-order valence-electron chi connectivity index (χ4n) is 4.46. The van der Waals surface area contributed by atoms with Gasteiger partial charge in [0.2, 0.25) is 5.91 Å². The monoisotopic (exact) mass is 363 g/mol. The van der Waals surface area contributed by atoms with Crippen molar-refractivity contribution in [2.45, 2.75) is 31.7 Å². The van der Waals surface area contributed by atoms with Crippen LogP contribution < -0.4 is 0 Å². The summed E-state index contributed by atoms with van der Waals surface area (Å²) >= 11 is 0. The number of aliphatic carboxylic acids is 1. The molecule has 2 heterocycles. The highest BCUT2D eigenvalue weighted by atomic mass is 32.2. The predicted molar refractivity (Wildman–Crippen MR) is 90.7 cm³/mol. The Kier molecular flexibility index (Phi) is 3.68. The lowest BCUT2D eigenvalue weighted by atomic mass is 9.91. The number of benzene rings is 1. The van der Waals surface area contributed by atoms with Crippen LogP contribution in [0.15, 0.2) is 24.3 Å². The van der Waals surface area contributed by atoms with E-state index in [4.69, 9.17) is 0 Å². The highest BCUT2D eigenvalue weighted by Gasteiger charge is 2.61. The van der Waals surface area contributed by atoms with E-state index in [9.17, 15) is 23.1 Å². The Morgan fingerprint density at radius 2 is 1.84 bits per heavy atom. The first-order valence-corrected chi connectivity index (χ1v) is 10.5.